The molecule has 5 nitrogen and oxygen atoms in total. The summed E-state index contributed by atoms with van der Waals surface area (Å²) in [4.78, 5) is 10.9. The first-order chi connectivity index (χ1) is 8.77. The lowest BCUT2D eigenvalue weighted by Gasteiger charge is -2.37. The first-order valence-electron chi connectivity index (χ1n) is 5.09. The molecular formula is C10H13F5O5. The summed E-state index contributed by atoms with van der Waals surface area (Å²) >= 11 is 0. The quantitative estimate of drug-likeness (QED) is 0.335. The maximum absolute atomic E-state index is 13.3. The minimum Gasteiger partial charge on any atom is -0.435 e. The van der Waals surface area contributed by atoms with Crippen molar-refractivity contribution in [3.05, 3.63) is 12.2 Å². The molecule has 0 fully saturated rings. The van der Waals surface area contributed by atoms with Gasteiger partial charge in [-0.2, -0.15) is 22.0 Å². The molecule has 2 N–H and O–H groups in total. The molecule has 0 radical (unpaired) electrons. The van der Waals surface area contributed by atoms with Crippen molar-refractivity contribution in [3.8, 4) is 0 Å². The summed E-state index contributed by atoms with van der Waals surface area (Å²) in [7, 11) is 0. The topological polar surface area (TPSA) is 76.0 Å². The predicted molar refractivity (Wildman–Crippen MR) is 54.5 cm³/mol. The third kappa shape index (κ3) is 3.64. The average Bonchev–Trinajstić information content (AvgIpc) is 2.26. The molecule has 0 aromatic heterocycles. The van der Waals surface area contributed by atoms with Crippen LogP contribution in [0.15, 0.2) is 12.2 Å². The molecule has 0 aliphatic carbocycles. The van der Waals surface area contributed by atoms with Crippen LogP contribution in [-0.2, 0) is 14.3 Å². The fourth-order valence-electron chi connectivity index (χ4n) is 0.942. The zero-order chi connectivity index (χ0) is 16.4. The van der Waals surface area contributed by atoms with E-state index in [-0.39, 0.29) is 5.57 Å². The summed E-state index contributed by atoms with van der Waals surface area (Å²) in [5.74, 6) is -11.3. The maximum atomic E-state index is 13.3. The first kappa shape index (κ1) is 18.7. The van der Waals surface area contributed by atoms with Gasteiger partial charge in [-0.3, -0.25) is 0 Å². The minimum atomic E-state index is -5.94. The molecule has 20 heavy (non-hydrogen) atoms. The van der Waals surface area contributed by atoms with Gasteiger partial charge in [0.2, 0.25) is 0 Å². The molecule has 118 valence electrons. The number of ether oxygens (including phenoxy) is 2. The van der Waals surface area contributed by atoms with Crippen LogP contribution in [0, 0.1) is 0 Å². The summed E-state index contributed by atoms with van der Waals surface area (Å²) < 4.78 is 71.7. The standard InChI is InChI=1S/C10H13F5O5/c1-5(2)7(17)19-4-20-9(18,10(13,14)15)8(11,12)6(3)16/h6,16,18H,1,4H2,2-3H3/t6-,9?/m1/s1. The summed E-state index contributed by atoms with van der Waals surface area (Å²) in [5.41, 5.74) is -0.216. The van der Waals surface area contributed by atoms with Gasteiger partial charge in [-0.15, -0.1) is 0 Å². The first-order valence-corrected chi connectivity index (χ1v) is 5.09. The number of hydrogen-bond donors (Lipinski definition) is 2. The number of rotatable bonds is 6. The smallest absolute Gasteiger partial charge is 0.435 e. The van der Waals surface area contributed by atoms with Crippen molar-refractivity contribution in [3.63, 3.8) is 0 Å². The van der Waals surface area contributed by atoms with Crippen molar-refractivity contribution in [2.75, 3.05) is 6.79 Å². The van der Waals surface area contributed by atoms with Crippen molar-refractivity contribution in [2.45, 2.75) is 37.8 Å². The fourth-order valence-corrected chi connectivity index (χ4v) is 0.942. The molecule has 1 unspecified atom stereocenters. The van der Waals surface area contributed by atoms with Crippen molar-refractivity contribution >= 4 is 5.97 Å². The third-order valence-electron chi connectivity index (χ3n) is 2.17. The Hall–Kier alpha value is -1.26. The van der Waals surface area contributed by atoms with E-state index >= 15 is 0 Å². The van der Waals surface area contributed by atoms with Crippen LogP contribution in [0.1, 0.15) is 13.8 Å². The molecule has 0 aromatic carbocycles. The Labute approximate surface area is 110 Å². The highest BCUT2D eigenvalue weighted by atomic mass is 19.4. The third-order valence-corrected chi connectivity index (χ3v) is 2.17. The second kappa shape index (κ2) is 6.02. The van der Waals surface area contributed by atoms with Crippen LogP contribution in [0.5, 0.6) is 0 Å². The zero-order valence-electron chi connectivity index (χ0n) is 10.5. The molecule has 0 heterocycles. The molecule has 0 aliphatic rings. The van der Waals surface area contributed by atoms with Crippen LogP contribution in [0.25, 0.3) is 0 Å². The van der Waals surface area contributed by atoms with Crippen molar-refractivity contribution in [1.82, 2.24) is 0 Å². The lowest BCUT2D eigenvalue weighted by atomic mass is 10.0. The molecular weight excluding hydrogens is 295 g/mol. The molecule has 0 aliphatic heterocycles. The van der Waals surface area contributed by atoms with Gasteiger partial charge in [0.1, 0.15) is 6.10 Å². The van der Waals surface area contributed by atoms with E-state index in [0.717, 1.165) is 6.92 Å². The molecule has 0 rings (SSSR count). The van der Waals surface area contributed by atoms with Crippen molar-refractivity contribution < 1.29 is 46.4 Å². The fraction of sp³-hybridized carbons (Fsp3) is 0.700. The second-order valence-corrected chi connectivity index (χ2v) is 3.92. The number of esters is 1. The van der Waals surface area contributed by atoms with Gasteiger partial charge in [0.15, 0.2) is 6.79 Å². The predicted octanol–water partition coefficient (Wildman–Crippen LogP) is 1.35. The van der Waals surface area contributed by atoms with Gasteiger partial charge in [0.25, 0.3) is 0 Å². The number of aliphatic hydroxyl groups excluding tert-OH is 1. The van der Waals surface area contributed by atoms with E-state index in [9.17, 15) is 26.7 Å². The molecule has 0 aromatic rings. The highest BCUT2D eigenvalue weighted by Gasteiger charge is 2.73. The minimum absolute atomic E-state index is 0.216. The lowest BCUT2D eigenvalue weighted by molar-refractivity contribution is -0.449. The van der Waals surface area contributed by atoms with Gasteiger partial charge < -0.3 is 19.7 Å². The molecule has 0 spiro atoms. The Morgan fingerprint density at radius 2 is 1.75 bits per heavy atom. The van der Waals surface area contributed by atoms with E-state index in [0.29, 0.717) is 6.92 Å². The van der Waals surface area contributed by atoms with Gasteiger partial charge in [0, 0.05) is 5.57 Å². The van der Waals surface area contributed by atoms with Crippen molar-refractivity contribution in [2.24, 2.45) is 0 Å². The van der Waals surface area contributed by atoms with Gasteiger partial charge in [-0.1, -0.05) is 6.58 Å². The average molecular weight is 308 g/mol. The Kier molecular flexibility index (Phi) is 5.64. The largest absolute Gasteiger partial charge is 0.449 e. The van der Waals surface area contributed by atoms with Gasteiger partial charge in [-0.05, 0) is 13.8 Å². The molecule has 0 saturated carbocycles. The van der Waals surface area contributed by atoms with Crippen LogP contribution in [0.3, 0.4) is 0 Å². The normalized spacial score (nSPS) is 17.2. The Morgan fingerprint density at radius 1 is 1.30 bits per heavy atom. The molecule has 2 atom stereocenters. The van der Waals surface area contributed by atoms with E-state index in [2.05, 4.69) is 16.1 Å². The highest BCUT2D eigenvalue weighted by molar-refractivity contribution is 5.86. The van der Waals surface area contributed by atoms with E-state index in [1.807, 2.05) is 0 Å². The van der Waals surface area contributed by atoms with Crippen LogP contribution >= 0.6 is 0 Å². The monoisotopic (exact) mass is 308 g/mol. The van der Waals surface area contributed by atoms with Crippen LogP contribution in [0.4, 0.5) is 22.0 Å². The SMILES string of the molecule is C=C(C)C(=O)OCOC(O)(C(F)(F)F)C(F)(F)[C@@H](C)O. The van der Waals surface area contributed by atoms with E-state index in [1.54, 1.807) is 0 Å². The van der Waals surface area contributed by atoms with E-state index < -0.39 is 36.8 Å². The Balaban J connectivity index is 5.11. The number of halogens is 5. The lowest BCUT2D eigenvalue weighted by Crippen LogP contribution is -2.64. The number of carbonyl (C=O) groups is 1. The number of aliphatic hydroxyl groups is 2. The van der Waals surface area contributed by atoms with Crippen LogP contribution in [-0.4, -0.2) is 47.0 Å². The highest BCUT2D eigenvalue weighted by Crippen LogP contribution is 2.44. The maximum Gasteiger partial charge on any atom is 0.449 e. The van der Waals surface area contributed by atoms with Crippen LogP contribution < -0.4 is 0 Å². The molecule has 0 saturated heterocycles. The Morgan fingerprint density at radius 3 is 2.05 bits per heavy atom. The number of alkyl halides is 5. The number of carbonyl (C=O) groups excluding carboxylic acids is 1. The van der Waals surface area contributed by atoms with E-state index in [4.69, 9.17) is 10.2 Å². The van der Waals surface area contributed by atoms with Gasteiger partial charge in [-0.25, -0.2) is 4.79 Å². The van der Waals surface area contributed by atoms with Gasteiger partial charge in [0.05, 0.1) is 0 Å². The molecule has 0 amide bonds. The van der Waals surface area contributed by atoms with Crippen molar-refractivity contribution in [1.29, 1.82) is 0 Å². The van der Waals surface area contributed by atoms with Crippen LogP contribution in [0.2, 0.25) is 0 Å². The van der Waals surface area contributed by atoms with E-state index in [1.165, 1.54) is 0 Å². The Bertz CT molecular complexity index is 379. The second-order valence-electron chi connectivity index (χ2n) is 3.92. The van der Waals surface area contributed by atoms with Gasteiger partial charge >= 0.3 is 23.9 Å². The number of hydrogen-bond acceptors (Lipinski definition) is 5. The molecule has 10 heteroatoms. The summed E-state index contributed by atoms with van der Waals surface area (Å²) in [6.07, 6.45) is -8.81. The summed E-state index contributed by atoms with van der Waals surface area (Å²) in [6, 6.07) is 0. The zero-order valence-corrected chi connectivity index (χ0v) is 10.5. The summed E-state index contributed by atoms with van der Waals surface area (Å²) in [6.45, 7) is 2.97. The molecule has 0 bridgehead atoms. The summed E-state index contributed by atoms with van der Waals surface area (Å²) in [5, 5.41) is 17.7.